The number of esters is 2. The third-order valence-corrected chi connectivity index (χ3v) is 5.36. The van der Waals surface area contributed by atoms with Crippen LogP contribution >= 0.6 is 15.9 Å². The van der Waals surface area contributed by atoms with Crippen LogP contribution in [0.4, 0.5) is 5.69 Å². The first-order valence-corrected chi connectivity index (χ1v) is 9.73. The summed E-state index contributed by atoms with van der Waals surface area (Å²) in [5, 5.41) is 2.95. The zero-order chi connectivity index (χ0) is 20.6. The van der Waals surface area contributed by atoms with Gasteiger partial charge in [0.25, 0.3) is 0 Å². The summed E-state index contributed by atoms with van der Waals surface area (Å²) < 4.78 is 11.4. The Kier molecular flexibility index (Phi) is 5.34. The van der Waals surface area contributed by atoms with Gasteiger partial charge in [-0.25, -0.2) is 9.59 Å². The van der Waals surface area contributed by atoms with Crippen LogP contribution in [0.1, 0.15) is 39.2 Å². The SMILES string of the molecule is CCCCOC(=O)C1=C(N)Nc2ccc(Br)cc2C12C(=O)OC(C)=C2C(C)=O. The highest BCUT2D eigenvalue weighted by Crippen LogP contribution is 2.52. The Hall–Kier alpha value is -2.61. The van der Waals surface area contributed by atoms with E-state index in [0.29, 0.717) is 22.1 Å². The minimum atomic E-state index is -1.77. The minimum absolute atomic E-state index is 0.0401. The van der Waals surface area contributed by atoms with Crippen LogP contribution in [0.2, 0.25) is 0 Å². The van der Waals surface area contributed by atoms with E-state index in [1.807, 2.05) is 6.92 Å². The van der Waals surface area contributed by atoms with Crippen LogP contribution in [-0.4, -0.2) is 24.3 Å². The number of halogens is 1. The highest BCUT2D eigenvalue weighted by atomic mass is 79.9. The van der Waals surface area contributed by atoms with Crippen molar-refractivity contribution in [1.82, 2.24) is 0 Å². The number of ketones is 1. The summed E-state index contributed by atoms with van der Waals surface area (Å²) in [6, 6.07) is 5.16. The number of carbonyl (C=O) groups excluding carboxylic acids is 3. The van der Waals surface area contributed by atoms with Gasteiger partial charge in [-0.3, -0.25) is 4.79 Å². The molecular formula is C20H21BrN2O5. The molecule has 0 saturated heterocycles. The van der Waals surface area contributed by atoms with E-state index in [1.54, 1.807) is 18.2 Å². The van der Waals surface area contributed by atoms with Gasteiger partial charge in [-0.15, -0.1) is 0 Å². The Morgan fingerprint density at radius 3 is 2.68 bits per heavy atom. The second-order valence-electron chi connectivity index (χ2n) is 6.72. The van der Waals surface area contributed by atoms with E-state index in [2.05, 4.69) is 21.2 Å². The van der Waals surface area contributed by atoms with Gasteiger partial charge in [0, 0.05) is 15.7 Å². The molecule has 1 aromatic rings. The molecule has 8 heteroatoms. The van der Waals surface area contributed by atoms with Gasteiger partial charge < -0.3 is 20.5 Å². The molecule has 0 aromatic heterocycles. The fourth-order valence-corrected chi connectivity index (χ4v) is 4.10. The standard InChI is InChI=1S/C20H21BrN2O5/c1-4-5-8-27-18(25)16-17(22)23-14-7-6-12(21)9-13(14)20(16)15(10(2)24)11(3)28-19(20)26/h6-7,9,23H,4-5,8,22H2,1-3H3. The fourth-order valence-electron chi connectivity index (χ4n) is 3.74. The van der Waals surface area contributed by atoms with Crippen molar-refractivity contribution in [2.24, 2.45) is 5.73 Å². The maximum atomic E-state index is 13.2. The Bertz CT molecular complexity index is 950. The zero-order valence-corrected chi connectivity index (χ0v) is 17.4. The molecule has 0 bridgehead atoms. The molecule has 2 aliphatic heterocycles. The van der Waals surface area contributed by atoms with Crippen LogP contribution in [0, 0.1) is 0 Å². The smallest absolute Gasteiger partial charge is 0.339 e. The third kappa shape index (κ3) is 2.92. The zero-order valence-electron chi connectivity index (χ0n) is 15.8. The van der Waals surface area contributed by atoms with Crippen molar-refractivity contribution in [3.8, 4) is 0 Å². The predicted molar refractivity (Wildman–Crippen MR) is 106 cm³/mol. The van der Waals surface area contributed by atoms with Crippen LogP contribution < -0.4 is 11.1 Å². The lowest BCUT2D eigenvalue weighted by atomic mass is 9.66. The van der Waals surface area contributed by atoms with E-state index in [-0.39, 0.29) is 35.1 Å². The average Bonchev–Trinajstić information content (AvgIpc) is 2.87. The van der Waals surface area contributed by atoms with E-state index < -0.39 is 17.4 Å². The van der Waals surface area contributed by atoms with Crippen LogP contribution in [0.5, 0.6) is 0 Å². The molecule has 2 heterocycles. The van der Waals surface area contributed by atoms with Gasteiger partial charge in [-0.2, -0.15) is 0 Å². The van der Waals surface area contributed by atoms with Gasteiger partial charge in [-0.1, -0.05) is 29.3 Å². The second-order valence-corrected chi connectivity index (χ2v) is 7.64. The predicted octanol–water partition coefficient (Wildman–Crippen LogP) is 3.05. The molecule has 0 amide bonds. The summed E-state index contributed by atoms with van der Waals surface area (Å²) >= 11 is 3.39. The van der Waals surface area contributed by atoms with E-state index >= 15 is 0 Å². The highest BCUT2D eigenvalue weighted by molar-refractivity contribution is 9.10. The number of hydrogen-bond donors (Lipinski definition) is 2. The molecule has 3 rings (SSSR count). The molecule has 0 fully saturated rings. The van der Waals surface area contributed by atoms with E-state index in [4.69, 9.17) is 15.2 Å². The molecule has 2 aliphatic rings. The van der Waals surface area contributed by atoms with Crippen LogP contribution in [0.3, 0.4) is 0 Å². The Balaban J connectivity index is 2.30. The highest BCUT2D eigenvalue weighted by Gasteiger charge is 2.61. The Labute approximate surface area is 171 Å². The summed E-state index contributed by atoms with van der Waals surface area (Å²) in [6.45, 7) is 5.01. The van der Waals surface area contributed by atoms with Crippen molar-refractivity contribution in [3.05, 3.63) is 51.0 Å². The van der Waals surface area contributed by atoms with Gasteiger partial charge in [0.15, 0.2) is 11.2 Å². The molecule has 0 aliphatic carbocycles. The van der Waals surface area contributed by atoms with Gasteiger partial charge in [-0.05, 0) is 38.5 Å². The Morgan fingerprint density at radius 2 is 2.04 bits per heavy atom. The average molecular weight is 449 g/mol. The second kappa shape index (κ2) is 7.43. The lowest BCUT2D eigenvalue weighted by Crippen LogP contribution is -2.47. The van der Waals surface area contributed by atoms with E-state index in [0.717, 1.165) is 6.42 Å². The van der Waals surface area contributed by atoms with Crippen LogP contribution in [0.25, 0.3) is 0 Å². The number of hydrogen-bond acceptors (Lipinski definition) is 7. The number of fused-ring (bicyclic) bond motifs is 2. The quantitative estimate of drug-likeness (QED) is 0.526. The first-order valence-electron chi connectivity index (χ1n) is 8.94. The van der Waals surface area contributed by atoms with Crippen molar-refractivity contribution in [2.45, 2.75) is 39.0 Å². The van der Waals surface area contributed by atoms with Gasteiger partial charge in [0.2, 0.25) is 0 Å². The molecule has 28 heavy (non-hydrogen) atoms. The molecule has 1 atom stereocenters. The van der Waals surface area contributed by atoms with Crippen LogP contribution in [-0.2, 0) is 29.3 Å². The van der Waals surface area contributed by atoms with E-state index in [9.17, 15) is 14.4 Å². The fraction of sp³-hybridized carbons (Fsp3) is 0.350. The van der Waals surface area contributed by atoms with E-state index in [1.165, 1.54) is 13.8 Å². The summed E-state index contributed by atoms with van der Waals surface area (Å²) in [5.74, 6) is -1.78. The number of cyclic esters (lactones) is 1. The number of Topliss-reactive ketones (excluding diaryl/α,β-unsaturated/α-hetero) is 1. The van der Waals surface area contributed by atoms with Crippen molar-refractivity contribution in [3.63, 3.8) is 0 Å². The summed E-state index contributed by atoms with van der Waals surface area (Å²) in [5.41, 5.74) is 5.29. The van der Waals surface area contributed by atoms with Crippen molar-refractivity contribution in [1.29, 1.82) is 0 Å². The molecule has 1 aromatic carbocycles. The number of benzene rings is 1. The molecule has 0 radical (unpaired) electrons. The summed E-state index contributed by atoms with van der Waals surface area (Å²) in [7, 11) is 0. The molecule has 7 nitrogen and oxygen atoms in total. The van der Waals surface area contributed by atoms with Crippen molar-refractivity contribution in [2.75, 3.05) is 11.9 Å². The molecule has 1 spiro atoms. The Morgan fingerprint density at radius 1 is 1.32 bits per heavy atom. The number of nitrogens with one attached hydrogen (secondary N) is 1. The van der Waals surface area contributed by atoms with Crippen molar-refractivity contribution >= 4 is 39.3 Å². The first kappa shape index (κ1) is 20.1. The monoisotopic (exact) mass is 448 g/mol. The third-order valence-electron chi connectivity index (χ3n) is 4.87. The van der Waals surface area contributed by atoms with Crippen molar-refractivity contribution < 1.29 is 23.9 Å². The molecule has 0 saturated carbocycles. The van der Waals surface area contributed by atoms with Crippen LogP contribution in [0.15, 0.2) is 45.4 Å². The molecule has 3 N–H and O–H groups in total. The number of nitrogens with two attached hydrogens (primary N) is 1. The number of carbonyl (C=O) groups is 3. The number of ether oxygens (including phenoxy) is 2. The lowest BCUT2D eigenvalue weighted by Gasteiger charge is -2.36. The number of allylic oxidation sites excluding steroid dienone is 1. The number of rotatable bonds is 5. The lowest BCUT2D eigenvalue weighted by molar-refractivity contribution is -0.146. The summed E-state index contributed by atoms with van der Waals surface area (Å²) in [6.07, 6.45) is 1.50. The van der Waals surface area contributed by atoms with Gasteiger partial charge in [0.05, 0.1) is 12.2 Å². The molecule has 148 valence electrons. The number of unbranched alkanes of at least 4 members (excludes halogenated alkanes) is 1. The van der Waals surface area contributed by atoms with Gasteiger partial charge >= 0.3 is 11.9 Å². The maximum Gasteiger partial charge on any atom is 0.339 e. The minimum Gasteiger partial charge on any atom is -0.462 e. The molecular weight excluding hydrogens is 428 g/mol. The van der Waals surface area contributed by atoms with Gasteiger partial charge in [0.1, 0.15) is 17.2 Å². The normalized spacial score (nSPS) is 20.8. The first-order chi connectivity index (χ1) is 13.2. The molecule has 1 unspecified atom stereocenters. The topological polar surface area (TPSA) is 108 Å². The largest absolute Gasteiger partial charge is 0.462 e. The number of anilines is 1. The maximum absolute atomic E-state index is 13.2. The summed E-state index contributed by atoms with van der Waals surface area (Å²) in [4.78, 5) is 38.8.